The Morgan fingerprint density at radius 2 is 2.36 bits per heavy atom. The molecule has 0 saturated carbocycles. The molecule has 0 fully saturated rings. The summed E-state index contributed by atoms with van der Waals surface area (Å²) in [6.07, 6.45) is 1.46. The predicted molar refractivity (Wildman–Crippen MR) is 52.2 cm³/mol. The van der Waals surface area contributed by atoms with Crippen molar-refractivity contribution in [2.45, 2.75) is 6.92 Å². The first-order valence-electron chi connectivity index (χ1n) is 4.06. The molecular formula is C9H9N3O2. The van der Waals surface area contributed by atoms with Gasteiger partial charge in [0.2, 0.25) is 0 Å². The van der Waals surface area contributed by atoms with E-state index in [-0.39, 0.29) is 5.56 Å². The second kappa shape index (κ2) is 2.73. The minimum atomic E-state index is -1.01. The quantitative estimate of drug-likeness (QED) is 0.589. The third-order valence-corrected chi connectivity index (χ3v) is 2.23. The summed E-state index contributed by atoms with van der Waals surface area (Å²) < 4.78 is 0. The number of hydrogen-bond donors (Lipinski definition) is 3. The largest absolute Gasteiger partial charge is 0.478 e. The van der Waals surface area contributed by atoms with Gasteiger partial charge in [-0.1, -0.05) is 0 Å². The van der Waals surface area contributed by atoms with E-state index in [4.69, 9.17) is 10.8 Å². The Balaban J connectivity index is 2.91. The van der Waals surface area contributed by atoms with Crippen molar-refractivity contribution in [3.63, 3.8) is 0 Å². The Morgan fingerprint density at radius 1 is 1.64 bits per heavy atom. The fourth-order valence-corrected chi connectivity index (χ4v) is 1.43. The third-order valence-electron chi connectivity index (χ3n) is 2.23. The van der Waals surface area contributed by atoms with E-state index in [2.05, 4.69) is 9.97 Å². The van der Waals surface area contributed by atoms with E-state index in [9.17, 15) is 4.79 Å². The highest BCUT2D eigenvalue weighted by atomic mass is 16.4. The van der Waals surface area contributed by atoms with Crippen LogP contribution in [0.5, 0.6) is 0 Å². The number of aromatic amines is 1. The molecule has 5 heteroatoms. The van der Waals surface area contributed by atoms with Gasteiger partial charge in [-0.25, -0.2) is 9.78 Å². The van der Waals surface area contributed by atoms with Gasteiger partial charge in [0.1, 0.15) is 0 Å². The molecule has 0 bridgehead atoms. The number of rotatable bonds is 1. The van der Waals surface area contributed by atoms with Gasteiger partial charge >= 0.3 is 5.97 Å². The molecule has 1 heterocycles. The van der Waals surface area contributed by atoms with Crippen LogP contribution in [0.15, 0.2) is 12.4 Å². The van der Waals surface area contributed by atoms with Crippen LogP contribution in [-0.4, -0.2) is 21.0 Å². The van der Waals surface area contributed by atoms with Crippen LogP contribution >= 0.6 is 0 Å². The lowest BCUT2D eigenvalue weighted by Crippen LogP contribution is -2.01. The van der Waals surface area contributed by atoms with Crippen molar-refractivity contribution in [3.8, 4) is 0 Å². The van der Waals surface area contributed by atoms with Gasteiger partial charge in [0.15, 0.2) is 0 Å². The molecule has 0 spiro atoms. The number of nitrogens with two attached hydrogens (primary N) is 1. The zero-order valence-corrected chi connectivity index (χ0v) is 7.53. The Bertz CT molecular complexity index is 516. The van der Waals surface area contributed by atoms with Gasteiger partial charge in [-0.2, -0.15) is 0 Å². The molecule has 2 aromatic rings. The summed E-state index contributed by atoms with van der Waals surface area (Å²) in [5, 5.41) is 8.91. The first-order chi connectivity index (χ1) is 6.61. The van der Waals surface area contributed by atoms with E-state index in [0.717, 1.165) is 5.56 Å². The number of H-pyrrole nitrogens is 1. The number of nitrogens with one attached hydrogen (secondary N) is 1. The smallest absolute Gasteiger partial charge is 0.337 e. The van der Waals surface area contributed by atoms with E-state index in [1.165, 1.54) is 12.4 Å². The number of nitrogen functional groups attached to an aromatic ring is 1. The molecule has 0 saturated heterocycles. The second-order valence-corrected chi connectivity index (χ2v) is 3.07. The predicted octanol–water partition coefficient (Wildman–Crippen LogP) is 1.15. The summed E-state index contributed by atoms with van der Waals surface area (Å²) in [6, 6.07) is 1.44. The summed E-state index contributed by atoms with van der Waals surface area (Å²) in [6.45, 7) is 1.81. The normalized spacial score (nSPS) is 10.6. The van der Waals surface area contributed by atoms with Gasteiger partial charge in [0, 0.05) is 5.69 Å². The SMILES string of the molecule is Cc1c(N)cc(C(=O)O)c2[nH]cnc12. The molecule has 0 amide bonds. The number of fused-ring (bicyclic) bond motifs is 1. The van der Waals surface area contributed by atoms with Crippen LogP contribution in [0.25, 0.3) is 11.0 Å². The fraction of sp³-hybridized carbons (Fsp3) is 0.111. The van der Waals surface area contributed by atoms with Gasteiger partial charge in [-0.3, -0.25) is 0 Å². The number of imidazole rings is 1. The lowest BCUT2D eigenvalue weighted by atomic mass is 10.1. The van der Waals surface area contributed by atoms with Crippen molar-refractivity contribution >= 4 is 22.7 Å². The van der Waals surface area contributed by atoms with E-state index >= 15 is 0 Å². The molecule has 4 N–H and O–H groups in total. The maximum absolute atomic E-state index is 10.9. The number of carboxylic acids is 1. The Hall–Kier alpha value is -2.04. The summed E-state index contributed by atoms with van der Waals surface area (Å²) in [4.78, 5) is 17.7. The Kier molecular flexibility index (Phi) is 1.67. The molecular weight excluding hydrogens is 182 g/mol. The maximum atomic E-state index is 10.9. The van der Waals surface area contributed by atoms with Crippen molar-refractivity contribution in [1.82, 2.24) is 9.97 Å². The van der Waals surface area contributed by atoms with Gasteiger partial charge in [0.05, 0.1) is 22.9 Å². The lowest BCUT2D eigenvalue weighted by molar-refractivity contribution is 0.0699. The summed E-state index contributed by atoms with van der Waals surface area (Å²) in [7, 11) is 0. The Labute approximate surface area is 79.6 Å². The number of hydrogen-bond acceptors (Lipinski definition) is 3. The highest BCUT2D eigenvalue weighted by molar-refractivity contribution is 6.03. The Morgan fingerprint density at radius 3 is 3.00 bits per heavy atom. The van der Waals surface area contributed by atoms with Gasteiger partial charge in [0.25, 0.3) is 0 Å². The number of benzene rings is 1. The van der Waals surface area contributed by atoms with Gasteiger partial charge in [-0.05, 0) is 18.6 Å². The van der Waals surface area contributed by atoms with Crippen molar-refractivity contribution in [2.75, 3.05) is 5.73 Å². The molecule has 5 nitrogen and oxygen atoms in total. The summed E-state index contributed by atoms with van der Waals surface area (Å²) >= 11 is 0. The highest BCUT2D eigenvalue weighted by Crippen LogP contribution is 2.24. The molecule has 0 atom stereocenters. The van der Waals surface area contributed by atoms with Crippen LogP contribution in [0.2, 0.25) is 0 Å². The number of aryl methyl sites for hydroxylation is 1. The number of aromatic carboxylic acids is 1. The number of carboxylic acid groups (broad SMARTS) is 1. The second-order valence-electron chi connectivity index (χ2n) is 3.07. The van der Waals surface area contributed by atoms with Crippen LogP contribution in [-0.2, 0) is 0 Å². The van der Waals surface area contributed by atoms with Gasteiger partial charge in [-0.15, -0.1) is 0 Å². The van der Waals surface area contributed by atoms with Crippen LogP contribution in [0.1, 0.15) is 15.9 Å². The molecule has 0 unspecified atom stereocenters. The molecule has 0 aliphatic heterocycles. The van der Waals surface area contributed by atoms with E-state index in [1.807, 2.05) is 6.92 Å². The van der Waals surface area contributed by atoms with E-state index < -0.39 is 5.97 Å². The van der Waals surface area contributed by atoms with Crippen molar-refractivity contribution in [3.05, 3.63) is 23.5 Å². The standard InChI is InChI=1S/C9H9N3O2/c1-4-6(10)2-5(9(13)14)8-7(4)11-3-12-8/h2-3H,10H2,1H3,(H,11,12)(H,13,14). The lowest BCUT2D eigenvalue weighted by Gasteiger charge is -2.03. The molecule has 14 heavy (non-hydrogen) atoms. The zero-order chi connectivity index (χ0) is 10.3. The van der Waals surface area contributed by atoms with Crippen molar-refractivity contribution in [2.24, 2.45) is 0 Å². The number of anilines is 1. The van der Waals surface area contributed by atoms with Crippen molar-refractivity contribution in [1.29, 1.82) is 0 Å². The zero-order valence-electron chi connectivity index (χ0n) is 7.53. The fourth-order valence-electron chi connectivity index (χ4n) is 1.43. The molecule has 1 aromatic heterocycles. The molecule has 0 aliphatic carbocycles. The third kappa shape index (κ3) is 1.02. The average Bonchev–Trinajstić information content (AvgIpc) is 2.59. The molecule has 0 radical (unpaired) electrons. The van der Waals surface area contributed by atoms with E-state index in [1.54, 1.807) is 0 Å². The van der Waals surface area contributed by atoms with Crippen LogP contribution in [0, 0.1) is 6.92 Å². The van der Waals surface area contributed by atoms with E-state index in [0.29, 0.717) is 16.7 Å². The topological polar surface area (TPSA) is 92.0 Å². The number of aromatic nitrogens is 2. The molecule has 72 valence electrons. The van der Waals surface area contributed by atoms with Gasteiger partial charge < -0.3 is 15.8 Å². The van der Waals surface area contributed by atoms with Crippen LogP contribution in [0.4, 0.5) is 5.69 Å². The monoisotopic (exact) mass is 191 g/mol. The minimum absolute atomic E-state index is 0.153. The minimum Gasteiger partial charge on any atom is -0.478 e. The number of nitrogens with zero attached hydrogens (tertiary/aromatic N) is 1. The van der Waals surface area contributed by atoms with Crippen molar-refractivity contribution < 1.29 is 9.90 Å². The first kappa shape index (κ1) is 8.55. The molecule has 1 aromatic carbocycles. The number of carbonyl (C=O) groups is 1. The summed E-state index contributed by atoms with van der Waals surface area (Å²) in [5.74, 6) is -1.01. The summed E-state index contributed by atoms with van der Waals surface area (Å²) in [5.41, 5.74) is 8.19. The highest BCUT2D eigenvalue weighted by Gasteiger charge is 2.14. The van der Waals surface area contributed by atoms with Crippen LogP contribution < -0.4 is 5.73 Å². The molecule has 0 aliphatic rings. The van der Waals surface area contributed by atoms with Crippen LogP contribution in [0.3, 0.4) is 0 Å². The maximum Gasteiger partial charge on any atom is 0.337 e. The first-order valence-corrected chi connectivity index (χ1v) is 4.06. The average molecular weight is 191 g/mol. The molecule has 2 rings (SSSR count).